The van der Waals surface area contributed by atoms with Crippen LogP contribution in [0.1, 0.15) is 22.8 Å². The predicted octanol–water partition coefficient (Wildman–Crippen LogP) is 0.437. The first-order valence-corrected chi connectivity index (χ1v) is 5.25. The van der Waals surface area contributed by atoms with E-state index in [0.717, 1.165) is 5.56 Å². The van der Waals surface area contributed by atoms with Crippen LogP contribution in [-0.2, 0) is 16.1 Å². The summed E-state index contributed by atoms with van der Waals surface area (Å²) in [6.45, 7) is 2.08. The Kier molecular flexibility index (Phi) is 4.66. The van der Waals surface area contributed by atoms with Crippen molar-refractivity contribution >= 4 is 11.9 Å². The maximum Gasteiger partial charge on any atom is 0.322 e. The highest BCUT2D eigenvalue weighted by Crippen LogP contribution is 2.07. The van der Waals surface area contributed by atoms with Gasteiger partial charge in [0.15, 0.2) is 0 Å². The van der Waals surface area contributed by atoms with Gasteiger partial charge < -0.3 is 15.8 Å². The average molecular weight is 236 g/mol. The number of ether oxygens (including phenoxy) is 1. The third-order valence-electron chi connectivity index (χ3n) is 2.44. The van der Waals surface area contributed by atoms with Gasteiger partial charge in [0.05, 0.1) is 7.11 Å². The Morgan fingerprint density at radius 2 is 2.06 bits per heavy atom. The monoisotopic (exact) mass is 236 g/mol. The van der Waals surface area contributed by atoms with Gasteiger partial charge in [-0.2, -0.15) is 0 Å². The predicted molar refractivity (Wildman–Crippen MR) is 63.3 cm³/mol. The van der Waals surface area contributed by atoms with Crippen LogP contribution in [0.15, 0.2) is 24.3 Å². The molecular formula is C12H16N2O3. The van der Waals surface area contributed by atoms with Gasteiger partial charge in [-0.25, -0.2) is 0 Å². The van der Waals surface area contributed by atoms with Crippen molar-refractivity contribution in [3.05, 3.63) is 35.4 Å². The lowest BCUT2D eigenvalue weighted by molar-refractivity contribution is -0.142. The molecule has 0 heterocycles. The molecule has 0 bridgehead atoms. The summed E-state index contributed by atoms with van der Waals surface area (Å²) in [6.07, 6.45) is 0. The number of nitrogens with one attached hydrogen (secondary N) is 1. The zero-order chi connectivity index (χ0) is 12.8. The Bertz CT molecular complexity index is 418. The van der Waals surface area contributed by atoms with Crippen LogP contribution in [0.5, 0.6) is 0 Å². The van der Waals surface area contributed by atoms with Crippen LogP contribution in [0, 0.1) is 0 Å². The molecule has 1 amide bonds. The van der Waals surface area contributed by atoms with Gasteiger partial charge in [-0.05, 0) is 18.6 Å². The van der Waals surface area contributed by atoms with E-state index in [1.54, 1.807) is 25.1 Å². The van der Waals surface area contributed by atoms with E-state index in [-0.39, 0.29) is 5.97 Å². The van der Waals surface area contributed by atoms with Crippen LogP contribution in [-0.4, -0.2) is 25.0 Å². The van der Waals surface area contributed by atoms with E-state index < -0.39 is 11.9 Å². The summed E-state index contributed by atoms with van der Waals surface area (Å²) in [7, 11) is 1.33. The van der Waals surface area contributed by atoms with Crippen molar-refractivity contribution in [1.29, 1.82) is 0 Å². The van der Waals surface area contributed by atoms with Crippen LogP contribution < -0.4 is 11.1 Å². The van der Waals surface area contributed by atoms with Crippen molar-refractivity contribution in [2.75, 3.05) is 7.11 Å². The number of primary amides is 1. The highest BCUT2D eigenvalue weighted by atomic mass is 16.5. The summed E-state index contributed by atoms with van der Waals surface area (Å²) in [5, 5.41) is 2.96. The highest BCUT2D eigenvalue weighted by molar-refractivity contribution is 5.94. The lowest BCUT2D eigenvalue weighted by atomic mass is 10.1. The number of carbonyl (C=O) groups excluding carboxylic acids is 2. The van der Waals surface area contributed by atoms with Crippen molar-refractivity contribution in [1.82, 2.24) is 5.32 Å². The molecule has 0 saturated heterocycles. The number of esters is 1. The Morgan fingerprint density at radius 1 is 1.41 bits per heavy atom. The summed E-state index contributed by atoms with van der Waals surface area (Å²) in [4.78, 5) is 22.3. The SMILES string of the molecule is COC(=O)C(C)NCc1ccccc1C(N)=O. The minimum absolute atomic E-state index is 0.346. The Labute approximate surface area is 99.9 Å². The molecule has 0 fully saturated rings. The molecule has 0 saturated carbocycles. The number of benzene rings is 1. The topological polar surface area (TPSA) is 81.4 Å². The number of methoxy groups -OCH3 is 1. The van der Waals surface area contributed by atoms with E-state index in [1.165, 1.54) is 7.11 Å². The van der Waals surface area contributed by atoms with E-state index in [2.05, 4.69) is 10.1 Å². The molecule has 17 heavy (non-hydrogen) atoms. The maximum atomic E-state index is 11.2. The second-order valence-corrected chi connectivity index (χ2v) is 3.65. The summed E-state index contributed by atoms with van der Waals surface area (Å²) < 4.78 is 4.59. The molecule has 1 aromatic rings. The molecule has 1 rings (SSSR count). The fraction of sp³-hybridized carbons (Fsp3) is 0.333. The van der Waals surface area contributed by atoms with Gasteiger partial charge in [0.2, 0.25) is 5.91 Å². The minimum atomic E-state index is -0.479. The van der Waals surface area contributed by atoms with Gasteiger partial charge in [0, 0.05) is 12.1 Å². The maximum absolute atomic E-state index is 11.2. The van der Waals surface area contributed by atoms with Gasteiger partial charge in [0.1, 0.15) is 6.04 Å². The molecule has 0 aliphatic carbocycles. The number of nitrogens with two attached hydrogens (primary N) is 1. The lowest BCUT2D eigenvalue weighted by Crippen LogP contribution is -2.34. The second kappa shape index (κ2) is 6.00. The molecule has 0 spiro atoms. The molecule has 1 unspecified atom stereocenters. The molecular weight excluding hydrogens is 220 g/mol. The van der Waals surface area contributed by atoms with Crippen LogP contribution >= 0.6 is 0 Å². The van der Waals surface area contributed by atoms with Gasteiger partial charge >= 0.3 is 5.97 Å². The van der Waals surface area contributed by atoms with Crippen molar-refractivity contribution in [2.24, 2.45) is 5.73 Å². The zero-order valence-corrected chi connectivity index (χ0v) is 9.90. The Morgan fingerprint density at radius 3 is 2.65 bits per heavy atom. The van der Waals surface area contributed by atoms with Gasteiger partial charge in [-0.15, -0.1) is 0 Å². The van der Waals surface area contributed by atoms with E-state index in [4.69, 9.17) is 5.73 Å². The zero-order valence-electron chi connectivity index (χ0n) is 9.90. The van der Waals surface area contributed by atoms with Crippen molar-refractivity contribution < 1.29 is 14.3 Å². The van der Waals surface area contributed by atoms with Crippen molar-refractivity contribution in [3.63, 3.8) is 0 Å². The van der Waals surface area contributed by atoms with E-state index in [0.29, 0.717) is 12.1 Å². The third kappa shape index (κ3) is 3.57. The Hall–Kier alpha value is -1.88. The van der Waals surface area contributed by atoms with Crippen LogP contribution in [0.3, 0.4) is 0 Å². The molecule has 92 valence electrons. The first kappa shape index (κ1) is 13.2. The first-order valence-electron chi connectivity index (χ1n) is 5.25. The molecule has 0 aromatic heterocycles. The second-order valence-electron chi connectivity index (χ2n) is 3.65. The minimum Gasteiger partial charge on any atom is -0.468 e. The first-order chi connectivity index (χ1) is 8.06. The number of hydrogen-bond donors (Lipinski definition) is 2. The molecule has 5 nitrogen and oxygen atoms in total. The largest absolute Gasteiger partial charge is 0.468 e. The van der Waals surface area contributed by atoms with Gasteiger partial charge in [-0.3, -0.25) is 9.59 Å². The van der Waals surface area contributed by atoms with Gasteiger partial charge in [0.25, 0.3) is 0 Å². The fourth-order valence-electron chi connectivity index (χ4n) is 1.44. The van der Waals surface area contributed by atoms with Crippen molar-refractivity contribution in [3.8, 4) is 0 Å². The van der Waals surface area contributed by atoms with Gasteiger partial charge in [-0.1, -0.05) is 18.2 Å². The number of hydrogen-bond acceptors (Lipinski definition) is 4. The smallest absolute Gasteiger partial charge is 0.322 e. The number of carbonyl (C=O) groups is 2. The average Bonchev–Trinajstić information content (AvgIpc) is 2.35. The molecule has 0 aliphatic rings. The van der Waals surface area contributed by atoms with Crippen molar-refractivity contribution in [2.45, 2.75) is 19.5 Å². The summed E-state index contributed by atoms with van der Waals surface area (Å²) >= 11 is 0. The summed E-state index contributed by atoms with van der Waals surface area (Å²) in [5.41, 5.74) is 6.46. The normalized spacial score (nSPS) is 11.9. The van der Waals surface area contributed by atoms with Crippen LogP contribution in [0.4, 0.5) is 0 Å². The number of amides is 1. The molecule has 1 atom stereocenters. The third-order valence-corrected chi connectivity index (χ3v) is 2.44. The van der Waals surface area contributed by atoms with Crippen LogP contribution in [0.2, 0.25) is 0 Å². The van der Waals surface area contributed by atoms with E-state index in [1.807, 2.05) is 6.07 Å². The Balaban J connectivity index is 2.69. The molecule has 5 heteroatoms. The molecule has 0 aliphatic heterocycles. The highest BCUT2D eigenvalue weighted by Gasteiger charge is 2.13. The molecule has 1 aromatic carbocycles. The van der Waals surface area contributed by atoms with Crippen LogP contribution in [0.25, 0.3) is 0 Å². The molecule has 0 radical (unpaired) electrons. The summed E-state index contributed by atoms with van der Waals surface area (Å²) in [5.74, 6) is -0.824. The quantitative estimate of drug-likeness (QED) is 0.727. The summed E-state index contributed by atoms with van der Waals surface area (Å²) in [6, 6.07) is 6.57. The lowest BCUT2D eigenvalue weighted by Gasteiger charge is -2.12. The standard InChI is InChI=1S/C12H16N2O3/c1-8(12(16)17-2)14-7-9-5-3-4-6-10(9)11(13)15/h3-6,8,14H,7H2,1-2H3,(H2,13,15). The van der Waals surface area contributed by atoms with E-state index in [9.17, 15) is 9.59 Å². The number of rotatable bonds is 5. The molecule has 3 N–H and O–H groups in total. The van der Waals surface area contributed by atoms with E-state index >= 15 is 0 Å². The fourth-order valence-corrected chi connectivity index (χ4v) is 1.44.